The number of thioether (sulfide) groups is 1. The SMILES string of the molecule is O=C(NCc1ccccc1)N1CCC2(CC1)SCCN2C(=O)C1CCCC1. The van der Waals surface area contributed by atoms with Gasteiger partial charge < -0.3 is 15.1 Å². The van der Waals surface area contributed by atoms with Gasteiger partial charge in [0.05, 0.1) is 4.87 Å². The Labute approximate surface area is 165 Å². The van der Waals surface area contributed by atoms with Crippen LogP contribution in [0.1, 0.15) is 44.1 Å². The van der Waals surface area contributed by atoms with E-state index in [-0.39, 0.29) is 16.8 Å². The maximum absolute atomic E-state index is 13.0. The minimum atomic E-state index is -0.0735. The number of amides is 3. The normalized spacial score (nSPS) is 22.4. The molecule has 0 unspecified atom stereocenters. The summed E-state index contributed by atoms with van der Waals surface area (Å²) in [4.78, 5) is 29.6. The van der Waals surface area contributed by atoms with Crippen molar-refractivity contribution in [3.8, 4) is 0 Å². The zero-order chi connectivity index (χ0) is 18.7. The molecule has 5 nitrogen and oxygen atoms in total. The fraction of sp³-hybridized carbons (Fsp3) is 0.619. The van der Waals surface area contributed by atoms with Crippen molar-refractivity contribution in [1.82, 2.24) is 15.1 Å². The molecule has 1 saturated carbocycles. The van der Waals surface area contributed by atoms with Crippen molar-refractivity contribution in [3.05, 3.63) is 35.9 Å². The summed E-state index contributed by atoms with van der Waals surface area (Å²) in [6, 6.07) is 10.00. The van der Waals surface area contributed by atoms with Gasteiger partial charge in [-0.1, -0.05) is 43.2 Å². The summed E-state index contributed by atoms with van der Waals surface area (Å²) in [7, 11) is 0. The summed E-state index contributed by atoms with van der Waals surface area (Å²) in [5, 5.41) is 3.03. The van der Waals surface area contributed by atoms with Crippen LogP contribution >= 0.6 is 11.8 Å². The molecular weight excluding hydrogens is 358 g/mol. The molecule has 0 aromatic heterocycles. The molecule has 2 heterocycles. The fourth-order valence-corrected chi connectivity index (χ4v) is 6.13. The van der Waals surface area contributed by atoms with Crippen molar-refractivity contribution in [2.24, 2.45) is 5.92 Å². The number of carbonyl (C=O) groups excluding carboxylic acids is 2. The summed E-state index contributed by atoms with van der Waals surface area (Å²) in [5.41, 5.74) is 1.11. The van der Waals surface area contributed by atoms with Crippen LogP contribution in [0.4, 0.5) is 4.79 Å². The van der Waals surface area contributed by atoms with Gasteiger partial charge in [-0.25, -0.2) is 4.79 Å². The lowest BCUT2D eigenvalue weighted by Gasteiger charge is -2.44. The summed E-state index contributed by atoms with van der Waals surface area (Å²) in [6.07, 6.45) is 6.28. The number of hydrogen-bond acceptors (Lipinski definition) is 3. The molecule has 4 rings (SSSR count). The van der Waals surface area contributed by atoms with Crippen LogP contribution in [0.15, 0.2) is 30.3 Å². The fourth-order valence-electron chi connectivity index (χ4n) is 4.67. The summed E-state index contributed by atoms with van der Waals surface area (Å²) in [5.74, 6) is 1.64. The largest absolute Gasteiger partial charge is 0.334 e. The van der Waals surface area contributed by atoms with Gasteiger partial charge in [0.15, 0.2) is 0 Å². The maximum atomic E-state index is 13.0. The van der Waals surface area contributed by atoms with Crippen molar-refractivity contribution in [2.75, 3.05) is 25.4 Å². The van der Waals surface area contributed by atoms with Crippen LogP contribution in [0.25, 0.3) is 0 Å². The van der Waals surface area contributed by atoms with Crippen LogP contribution in [-0.2, 0) is 11.3 Å². The lowest BCUT2D eigenvalue weighted by molar-refractivity contribution is -0.138. The van der Waals surface area contributed by atoms with E-state index in [1.807, 2.05) is 47.0 Å². The third kappa shape index (κ3) is 3.96. The topological polar surface area (TPSA) is 52.7 Å². The lowest BCUT2D eigenvalue weighted by Crippen LogP contribution is -2.55. The Hall–Kier alpha value is -1.69. The highest BCUT2D eigenvalue weighted by atomic mass is 32.2. The molecular formula is C21H29N3O2S. The average molecular weight is 388 g/mol. The molecule has 3 aliphatic rings. The highest BCUT2D eigenvalue weighted by Gasteiger charge is 2.48. The monoisotopic (exact) mass is 387 g/mol. The van der Waals surface area contributed by atoms with Crippen LogP contribution in [0.5, 0.6) is 0 Å². The van der Waals surface area contributed by atoms with Gasteiger partial charge in [0.25, 0.3) is 0 Å². The number of nitrogens with zero attached hydrogens (tertiary/aromatic N) is 2. The van der Waals surface area contributed by atoms with E-state index in [1.165, 1.54) is 12.8 Å². The third-order valence-electron chi connectivity index (χ3n) is 6.27. The van der Waals surface area contributed by atoms with E-state index >= 15 is 0 Å². The van der Waals surface area contributed by atoms with Crippen molar-refractivity contribution in [1.29, 1.82) is 0 Å². The van der Waals surface area contributed by atoms with Crippen LogP contribution < -0.4 is 5.32 Å². The van der Waals surface area contributed by atoms with Gasteiger partial charge in [-0.05, 0) is 31.2 Å². The van der Waals surface area contributed by atoms with E-state index in [2.05, 4.69) is 10.2 Å². The standard InChI is InChI=1S/C21H29N3O2S/c25-19(18-8-4-5-9-18)24-14-15-27-21(24)10-12-23(13-11-21)20(26)22-16-17-6-2-1-3-7-17/h1-3,6-7,18H,4-5,8-16H2,(H,22,26). The summed E-state index contributed by atoms with van der Waals surface area (Å²) < 4.78 is 0. The first-order valence-electron chi connectivity index (χ1n) is 10.2. The molecule has 6 heteroatoms. The first kappa shape index (κ1) is 18.7. The molecule has 1 aliphatic carbocycles. The van der Waals surface area contributed by atoms with Gasteiger partial charge in [0.2, 0.25) is 5.91 Å². The molecule has 27 heavy (non-hydrogen) atoms. The van der Waals surface area contributed by atoms with Gasteiger partial charge in [-0.2, -0.15) is 0 Å². The van der Waals surface area contributed by atoms with Gasteiger partial charge in [-0.3, -0.25) is 4.79 Å². The van der Waals surface area contributed by atoms with Crippen molar-refractivity contribution in [2.45, 2.75) is 49.9 Å². The van der Waals surface area contributed by atoms with Crippen LogP contribution in [0, 0.1) is 5.92 Å². The van der Waals surface area contributed by atoms with E-state index in [1.54, 1.807) is 0 Å². The smallest absolute Gasteiger partial charge is 0.317 e. The Morgan fingerprint density at radius 1 is 1.07 bits per heavy atom. The zero-order valence-corrected chi connectivity index (χ0v) is 16.7. The predicted molar refractivity (Wildman–Crippen MR) is 108 cm³/mol. The number of urea groups is 1. The Morgan fingerprint density at radius 3 is 2.48 bits per heavy atom. The van der Waals surface area contributed by atoms with Crippen LogP contribution in [-0.4, -0.2) is 52.0 Å². The highest BCUT2D eigenvalue weighted by molar-refractivity contribution is 8.00. The Bertz CT molecular complexity index is 667. The highest BCUT2D eigenvalue weighted by Crippen LogP contribution is 2.45. The maximum Gasteiger partial charge on any atom is 0.317 e. The first-order valence-corrected chi connectivity index (χ1v) is 11.2. The van der Waals surface area contributed by atoms with E-state index in [0.29, 0.717) is 12.5 Å². The molecule has 1 aromatic carbocycles. The molecule has 0 radical (unpaired) electrons. The van der Waals surface area contributed by atoms with Crippen molar-refractivity contribution in [3.63, 3.8) is 0 Å². The number of nitrogens with one attached hydrogen (secondary N) is 1. The van der Waals surface area contributed by atoms with Crippen molar-refractivity contribution >= 4 is 23.7 Å². The van der Waals surface area contributed by atoms with E-state index in [4.69, 9.17) is 0 Å². The second kappa shape index (κ2) is 8.13. The molecule has 0 atom stereocenters. The zero-order valence-electron chi connectivity index (χ0n) is 15.9. The molecule has 0 bridgehead atoms. The van der Waals surface area contributed by atoms with Crippen LogP contribution in [0.3, 0.4) is 0 Å². The summed E-state index contributed by atoms with van der Waals surface area (Å²) in [6.45, 7) is 2.88. The molecule has 1 aromatic rings. The van der Waals surface area contributed by atoms with Crippen molar-refractivity contribution < 1.29 is 9.59 Å². The lowest BCUT2D eigenvalue weighted by atomic mass is 9.99. The number of benzene rings is 1. The number of likely N-dealkylation sites (tertiary alicyclic amines) is 1. The Balaban J connectivity index is 1.32. The predicted octanol–water partition coefficient (Wildman–Crippen LogP) is 3.45. The molecule has 2 saturated heterocycles. The number of hydrogen-bond donors (Lipinski definition) is 1. The first-order chi connectivity index (χ1) is 13.2. The Morgan fingerprint density at radius 2 is 1.78 bits per heavy atom. The minimum absolute atomic E-state index is 0.00497. The van der Waals surface area contributed by atoms with Gasteiger partial charge >= 0.3 is 6.03 Å². The second-order valence-electron chi connectivity index (χ2n) is 7.90. The van der Waals surface area contributed by atoms with Crippen LogP contribution in [0.2, 0.25) is 0 Å². The van der Waals surface area contributed by atoms with Gasteiger partial charge in [0, 0.05) is 37.8 Å². The molecule has 1 N–H and O–H groups in total. The summed E-state index contributed by atoms with van der Waals surface area (Å²) >= 11 is 1.93. The average Bonchev–Trinajstić information content (AvgIpc) is 3.38. The van der Waals surface area contributed by atoms with Gasteiger partial charge in [0.1, 0.15) is 0 Å². The molecule has 1 spiro atoms. The molecule has 2 aliphatic heterocycles. The second-order valence-corrected chi connectivity index (χ2v) is 9.35. The molecule has 3 amide bonds. The van der Waals surface area contributed by atoms with Gasteiger partial charge in [-0.15, -0.1) is 11.8 Å². The third-order valence-corrected chi connectivity index (χ3v) is 7.82. The Kier molecular flexibility index (Phi) is 5.62. The molecule has 146 valence electrons. The molecule has 3 fully saturated rings. The number of carbonyl (C=O) groups is 2. The van der Waals surface area contributed by atoms with E-state index in [9.17, 15) is 9.59 Å². The number of piperidine rings is 1. The van der Waals surface area contributed by atoms with E-state index < -0.39 is 0 Å². The minimum Gasteiger partial charge on any atom is -0.334 e. The number of rotatable bonds is 3. The van der Waals surface area contributed by atoms with E-state index in [0.717, 1.165) is 56.6 Å². The quantitative estimate of drug-likeness (QED) is 0.864.